The fourth-order valence-corrected chi connectivity index (χ4v) is 6.11. The summed E-state index contributed by atoms with van der Waals surface area (Å²) in [5.41, 5.74) is 0.779. The van der Waals surface area contributed by atoms with Crippen LogP contribution in [0.2, 0.25) is 0 Å². The Hall–Kier alpha value is -3.97. The fourth-order valence-electron chi connectivity index (χ4n) is 4.23. The largest absolute Gasteiger partial charge is 0.497 e. The number of halogens is 1. The Morgan fingerprint density at radius 1 is 1.07 bits per heavy atom. The Balaban J connectivity index is 2.09. The molecule has 0 bridgehead atoms. The lowest BCUT2D eigenvalue weighted by Gasteiger charge is -2.32. The van der Waals surface area contributed by atoms with E-state index in [1.54, 1.807) is 31.2 Å². The van der Waals surface area contributed by atoms with E-state index in [0.29, 0.717) is 12.2 Å². The van der Waals surface area contributed by atoms with Crippen LogP contribution in [0, 0.1) is 17.0 Å². The van der Waals surface area contributed by atoms with E-state index in [4.69, 9.17) is 4.74 Å². The fraction of sp³-hybridized carbons (Fsp3) is 0.333. The number of carbonyl (C=O) groups is 2. The Morgan fingerprint density at radius 3 is 2.33 bits per heavy atom. The molecule has 3 rings (SSSR count). The first-order valence-electron chi connectivity index (χ1n) is 13.5. The van der Waals surface area contributed by atoms with Gasteiger partial charge >= 0.3 is 0 Å². The first kappa shape index (κ1) is 33.5. The van der Waals surface area contributed by atoms with Gasteiger partial charge in [-0.3, -0.25) is 24.0 Å². The average Bonchev–Trinajstić information content (AvgIpc) is 2.98. The number of aryl methyl sites for hydroxylation is 1. The summed E-state index contributed by atoms with van der Waals surface area (Å²) in [6.07, 6.45) is 0.685. The Morgan fingerprint density at radius 2 is 1.74 bits per heavy atom. The van der Waals surface area contributed by atoms with E-state index in [2.05, 4.69) is 21.2 Å². The lowest BCUT2D eigenvalue weighted by Crippen LogP contribution is -2.52. The summed E-state index contributed by atoms with van der Waals surface area (Å²) in [6, 6.07) is 15.8. The van der Waals surface area contributed by atoms with E-state index < -0.39 is 33.4 Å². The predicted molar refractivity (Wildman–Crippen MR) is 167 cm³/mol. The standard InChI is InChI=1S/C30H35BrN4O7S/c1-6-21(3)32-30(37)22(4)33(18-23-8-7-9-24(31)16-23)29(36)19-34(25-11-13-26(42-5)14-12-25)43(40,41)27-15-10-20(2)28(17-27)35(38)39/h7-17,21-22H,6,18-19H2,1-5H3,(H,32,37)/t21-,22-/m0/s1. The summed E-state index contributed by atoms with van der Waals surface area (Å²) in [5, 5.41) is 14.5. The molecule has 0 saturated carbocycles. The number of nitro benzene ring substituents is 1. The van der Waals surface area contributed by atoms with Gasteiger partial charge in [-0.2, -0.15) is 0 Å². The van der Waals surface area contributed by atoms with E-state index in [-0.39, 0.29) is 40.3 Å². The molecule has 2 atom stereocenters. The SMILES string of the molecule is CC[C@H](C)NC(=O)[C@H](C)N(Cc1cccc(Br)c1)C(=O)CN(c1ccc(OC)cc1)S(=O)(=O)c1ccc(C)c([N+](=O)[O-])c1. The van der Waals surface area contributed by atoms with Crippen LogP contribution in [0.1, 0.15) is 38.3 Å². The third-order valence-corrected chi connectivity index (χ3v) is 9.28. The van der Waals surface area contributed by atoms with Crippen molar-refractivity contribution in [1.82, 2.24) is 10.2 Å². The minimum Gasteiger partial charge on any atom is -0.497 e. The number of methoxy groups -OCH3 is 1. The van der Waals surface area contributed by atoms with E-state index in [1.807, 2.05) is 26.0 Å². The molecule has 0 saturated heterocycles. The van der Waals surface area contributed by atoms with Gasteiger partial charge in [0.1, 0.15) is 18.3 Å². The van der Waals surface area contributed by atoms with Gasteiger partial charge in [-0.1, -0.05) is 41.1 Å². The summed E-state index contributed by atoms with van der Waals surface area (Å²) in [7, 11) is -3.03. The zero-order valence-electron chi connectivity index (χ0n) is 24.6. The summed E-state index contributed by atoms with van der Waals surface area (Å²) in [6.45, 7) is 6.22. The molecule has 0 radical (unpaired) electrons. The minimum absolute atomic E-state index is 0.0276. The first-order chi connectivity index (χ1) is 20.3. The van der Waals surface area contributed by atoms with Gasteiger partial charge in [0, 0.05) is 28.7 Å². The van der Waals surface area contributed by atoms with Gasteiger partial charge in [-0.15, -0.1) is 0 Å². The van der Waals surface area contributed by atoms with Crippen molar-refractivity contribution in [3.05, 3.63) is 92.4 Å². The maximum absolute atomic E-state index is 14.0. The van der Waals surface area contributed by atoms with E-state index in [1.165, 1.54) is 43.2 Å². The zero-order valence-corrected chi connectivity index (χ0v) is 27.0. The number of sulfonamides is 1. The van der Waals surface area contributed by atoms with E-state index >= 15 is 0 Å². The van der Waals surface area contributed by atoms with Crippen molar-refractivity contribution in [2.24, 2.45) is 0 Å². The smallest absolute Gasteiger partial charge is 0.273 e. The summed E-state index contributed by atoms with van der Waals surface area (Å²) >= 11 is 3.42. The number of nitro groups is 1. The number of hydrogen-bond donors (Lipinski definition) is 1. The van der Waals surface area contributed by atoms with Crippen LogP contribution >= 0.6 is 15.9 Å². The maximum atomic E-state index is 14.0. The molecular formula is C30H35BrN4O7S. The van der Waals surface area contributed by atoms with E-state index in [0.717, 1.165) is 20.4 Å². The Labute approximate surface area is 260 Å². The minimum atomic E-state index is -4.49. The highest BCUT2D eigenvalue weighted by molar-refractivity contribution is 9.10. The highest BCUT2D eigenvalue weighted by Crippen LogP contribution is 2.29. The maximum Gasteiger partial charge on any atom is 0.273 e. The Bertz CT molecular complexity index is 1580. The van der Waals surface area contributed by atoms with Crippen LogP contribution in [0.4, 0.5) is 11.4 Å². The molecule has 0 aromatic heterocycles. The second-order valence-electron chi connectivity index (χ2n) is 10.1. The topological polar surface area (TPSA) is 139 Å². The van der Waals surface area contributed by atoms with Crippen LogP contribution in [0.5, 0.6) is 5.75 Å². The molecular weight excluding hydrogens is 640 g/mol. The summed E-state index contributed by atoms with van der Waals surface area (Å²) in [5.74, 6) is -0.566. The quantitative estimate of drug-likeness (QED) is 0.194. The Kier molecular flexibility index (Phi) is 11.3. The second-order valence-corrected chi connectivity index (χ2v) is 12.8. The molecule has 0 aliphatic carbocycles. The van der Waals surface area contributed by atoms with Gasteiger partial charge in [0.25, 0.3) is 15.7 Å². The number of ether oxygens (including phenoxy) is 1. The zero-order chi connectivity index (χ0) is 31.9. The molecule has 0 aliphatic rings. The van der Waals surface area contributed by atoms with Crippen LogP contribution in [0.25, 0.3) is 0 Å². The van der Waals surface area contributed by atoms with Crippen molar-refractivity contribution in [2.75, 3.05) is 18.0 Å². The molecule has 1 N–H and O–H groups in total. The number of nitrogens with one attached hydrogen (secondary N) is 1. The molecule has 0 unspecified atom stereocenters. The van der Waals surface area contributed by atoms with Crippen LogP contribution in [0.15, 0.2) is 76.1 Å². The molecule has 11 nitrogen and oxygen atoms in total. The summed E-state index contributed by atoms with van der Waals surface area (Å²) in [4.78, 5) is 39.1. The van der Waals surface area contributed by atoms with Gasteiger partial charge in [0.15, 0.2) is 0 Å². The lowest BCUT2D eigenvalue weighted by atomic mass is 10.1. The lowest BCUT2D eigenvalue weighted by molar-refractivity contribution is -0.385. The third kappa shape index (κ3) is 8.32. The number of rotatable bonds is 13. The number of carbonyl (C=O) groups excluding carboxylic acids is 2. The van der Waals surface area contributed by atoms with Gasteiger partial charge < -0.3 is 15.0 Å². The van der Waals surface area contributed by atoms with Gasteiger partial charge in [0.2, 0.25) is 11.8 Å². The van der Waals surface area contributed by atoms with Crippen LogP contribution in [-0.4, -0.2) is 55.8 Å². The molecule has 2 amide bonds. The van der Waals surface area contributed by atoms with Crippen LogP contribution in [-0.2, 0) is 26.2 Å². The molecule has 230 valence electrons. The highest BCUT2D eigenvalue weighted by atomic mass is 79.9. The van der Waals surface area contributed by atoms with Crippen molar-refractivity contribution >= 4 is 49.1 Å². The molecule has 0 spiro atoms. The molecule has 0 aliphatic heterocycles. The number of anilines is 1. The third-order valence-electron chi connectivity index (χ3n) is 7.01. The average molecular weight is 676 g/mol. The van der Waals surface area contributed by atoms with Crippen molar-refractivity contribution in [3.8, 4) is 5.75 Å². The normalized spacial score (nSPS) is 12.6. The second kappa shape index (κ2) is 14.5. The van der Waals surface area contributed by atoms with Crippen molar-refractivity contribution in [3.63, 3.8) is 0 Å². The first-order valence-corrected chi connectivity index (χ1v) is 15.8. The van der Waals surface area contributed by atoms with E-state index in [9.17, 15) is 28.1 Å². The molecule has 0 fully saturated rings. The molecule has 43 heavy (non-hydrogen) atoms. The molecule has 3 aromatic carbocycles. The highest BCUT2D eigenvalue weighted by Gasteiger charge is 2.33. The molecule has 13 heteroatoms. The van der Waals surface area contributed by atoms with Gasteiger partial charge in [-0.25, -0.2) is 8.42 Å². The summed E-state index contributed by atoms with van der Waals surface area (Å²) < 4.78 is 34.9. The van der Waals surface area contributed by atoms with Crippen LogP contribution < -0.4 is 14.4 Å². The molecule has 3 aromatic rings. The van der Waals surface area contributed by atoms with Crippen molar-refractivity contribution in [1.29, 1.82) is 0 Å². The number of benzene rings is 3. The predicted octanol–water partition coefficient (Wildman–Crippen LogP) is 5.20. The van der Waals surface area contributed by atoms with Crippen LogP contribution in [0.3, 0.4) is 0 Å². The monoisotopic (exact) mass is 674 g/mol. The van der Waals surface area contributed by atoms with Gasteiger partial charge in [0.05, 0.1) is 22.6 Å². The van der Waals surface area contributed by atoms with Crippen molar-refractivity contribution < 1.29 is 27.7 Å². The van der Waals surface area contributed by atoms with Gasteiger partial charge in [-0.05, 0) is 75.2 Å². The molecule has 0 heterocycles. The number of amides is 2. The number of nitrogens with zero attached hydrogens (tertiary/aromatic N) is 3. The van der Waals surface area contributed by atoms with Crippen molar-refractivity contribution in [2.45, 2.75) is 57.6 Å². The number of hydrogen-bond acceptors (Lipinski definition) is 7.